The topological polar surface area (TPSA) is 75.6 Å². The summed E-state index contributed by atoms with van der Waals surface area (Å²) in [4.78, 5) is 20.5. The molecule has 0 radical (unpaired) electrons. The van der Waals surface area contributed by atoms with Crippen molar-refractivity contribution in [2.24, 2.45) is 0 Å². The summed E-state index contributed by atoms with van der Waals surface area (Å²) < 4.78 is 1.88. The molecule has 0 saturated heterocycles. The van der Waals surface area contributed by atoms with E-state index < -0.39 is 0 Å². The van der Waals surface area contributed by atoms with Crippen molar-refractivity contribution in [2.45, 2.75) is 24.0 Å². The highest BCUT2D eigenvalue weighted by atomic mass is 32.2. The van der Waals surface area contributed by atoms with Crippen LogP contribution in [0.15, 0.2) is 96.4 Å². The summed E-state index contributed by atoms with van der Waals surface area (Å²) in [7, 11) is 0. The van der Waals surface area contributed by atoms with Crippen LogP contribution in [0.1, 0.15) is 27.0 Å². The minimum atomic E-state index is -0.0768. The zero-order chi connectivity index (χ0) is 22.5. The highest BCUT2D eigenvalue weighted by Gasteiger charge is 2.07. The Bertz CT molecular complexity index is 1310. The van der Waals surface area contributed by atoms with Crippen LogP contribution in [0.2, 0.25) is 0 Å². The first kappa shape index (κ1) is 21.0. The second-order valence-corrected chi connectivity index (χ2v) is 8.71. The fourth-order valence-corrected chi connectivity index (χ4v) is 4.37. The van der Waals surface area contributed by atoms with E-state index in [0.29, 0.717) is 12.1 Å². The molecule has 2 N–H and O–H groups in total. The maximum Gasteiger partial charge on any atom is 0.251 e. The van der Waals surface area contributed by atoms with Gasteiger partial charge in [0.05, 0.1) is 17.6 Å². The van der Waals surface area contributed by atoms with Crippen molar-refractivity contribution in [1.82, 2.24) is 25.1 Å². The maximum absolute atomic E-state index is 12.5. The minimum Gasteiger partial charge on any atom is -0.348 e. The van der Waals surface area contributed by atoms with Gasteiger partial charge in [0.2, 0.25) is 0 Å². The van der Waals surface area contributed by atoms with E-state index in [9.17, 15) is 4.79 Å². The first-order valence-corrected chi connectivity index (χ1v) is 11.7. The molecule has 1 amide bonds. The predicted octanol–water partition coefficient (Wildman–Crippen LogP) is 5.03. The van der Waals surface area contributed by atoms with Gasteiger partial charge in [0.15, 0.2) is 5.16 Å². The van der Waals surface area contributed by atoms with Crippen LogP contribution in [0.3, 0.4) is 0 Å². The smallest absolute Gasteiger partial charge is 0.251 e. The fraction of sp³-hybridized carbons (Fsp3) is 0.115. The summed E-state index contributed by atoms with van der Waals surface area (Å²) in [5.74, 6) is 0.708. The minimum absolute atomic E-state index is 0.0768. The first-order valence-electron chi connectivity index (χ1n) is 10.7. The summed E-state index contributed by atoms with van der Waals surface area (Å²) in [5, 5.41) is 8.12. The number of imidazole rings is 1. The summed E-state index contributed by atoms with van der Waals surface area (Å²) in [5.41, 5.74) is 6.04. The maximum atomic E-state index is 12.5. The molecular weight excluding hydrogens is 430 g/mol. The van der Waals surface area contributed by atoms with Gasteiger partial charge in [-0.05, 0) is 47.0 Å². The number of nitrogens with one attached hydrogen (secondary N) is 2. The lowest BCUT2D eigenvalue weighted by atomic mass is 10.1. The van der Waals surface area contributed by atoms with Gasteiger partial charge in [-0.15, -0.1) is 0 Å². The molecule has 33 heavy (non-hydrogen) atoms. The summed E-state index contributed by atoms with van der Waals surface area (Å²) >= 11 is 1.65. The molecule has 7 heteroatoms. The van der Waals surface area contributed by atoms with Crippen LogP contribution in [-0.4, -0.2) is 25.7 Å². The van der Waals surface area contributed by atoms with E-state index in [1.54, 1.807) is 18.0 Å². The number of carbonyl (C=O) groups excluding carboxylic acids is 1. The first-order chi connectivity index (χ1) is 16.2. The Hall–Kier alpha value is -3.84. The van der Waals surface area contributed by atoms with Gasteiger partial charge in [-0.25, -0.2) is 4.98 Å². The van der Waals surface area contributed by atoms with Gasteiger partial charge in [0.1, 0.15) is 0 Å². The molecule has 3 aromatic carbocycles. The van der Waals surface area contributed by atoms with Crippen molar-refractivity contribution in [3.63, 3.8) is 0 Å². The molecule has 0 spiro atoms. The number of H-pyrrole nitrogens is 1. The van der Waals surface area contributed by atoms with Crippen LogP contribution in [0.25, 0.3) is 11.0 Å². The molecule has 0 fully saturated rings. The average molecular weight is 454 g/mol. The van der Waals surface area contributed by atoms with Gasteiger partial charge in [-0.2, -0.15) is 5.10 Å². The molecule has 2 aromatic heterocycles. The number of aromatic amines is 1. The zero-order valence-corrected chi connectivity index (χ0v) is 18.8. The number of thioether (sulfide) groups is 1. The largest absolute Gasteiger partial charge is 0.348 e. The van der Waals surface area contributed by atoms with Crippen molar-refractivity contribution in [3.05, 3.63) is 114 Å². The third-order valence-corrected chi connectivity index (χ3v) is 6.28. The van der Waals surface area contributed by atoms with Gasteiger partial charge >= 0.3 is 0 Å². The highest BCUT2D eigenvalue weighted by Crippen LogP contribution is 2.23. The van der Waals surface area contributed by atoms with Crippen LogP contribution < -0.4 is 5.32 Å². The number of hydrogen-bond donors (Lipinski definition) is 2. The molecule has 164 valence electrons. The second kappa shape index (κ2) is 9.75. The zero-order valence-electron chi connectivity index (χ0n) is 17.9. The molecule has 0 saturated carbocycles. The number of carbonyl (C=O) groups is 1. The number of aromatic nitrogens is 4. The number of hydrogen-bond acceptors (Lipinski definition) is 4. The molecule has 0 unspecified atom stereocenters. The van der Waals surface area contributed by atoms with Crippen molar-refractivity contribution in [3.8, 4) is 0 Å². The monoisotopic (exact) mass is 453 g/mol. The quantitative estimate of drug-likeness (QED) is 0.323. The van der Waals surface area contributed by atoms with E-state index in [2.05, 4.69) is 32.5 Å². The number of fused-ring (bicyclic) bond motifs is 1. The van der Waals surface area contributed by atoms with E-state index in [4.69, 9.17) is 0 Å². The van der Waals surface area contributed by atoms with Crippen LogP contribution >= 0.6 is 11.8 Å². The molecular formula is C26H23N5OS. The van der Waals surface area contributed by atoms with Gasteiger partial charge in [0, 0.05) is 30.3 Å². The molecule has 0 aliphatic heterocycles. The van der Waals surface area contributed by atoms with E-state index in [1.807, 2.05) is 77.6 Å². The average Bonchev–Trinajstić information content (AvgIpc) is 3.52. The SMILES string of the molecule is O=C(NCc1ccc(Cn2cccn2)cc1)c1ccc(CSc2nc3ccccc3[nH]2)cc1. The summed E-state index contributed by atoms with van der Waals surface area (Å²) in [6.07, 6.45) is 3.72. The van der Waals surface area contributed by atoms with Gasteiger partial charge in [-0.1, -0.05) is 60.3 Å². The Kier molecular flexibility index (Phi) is 6.21. The van der Waals surface area contributed by atoms with Crippen molar-refractivity contribution in [2.75, 3.05) is 0 Å². The number of benzene rings is 3. The Balaban J connectivity index is 1.12. The standard InChI is InChI=1S/C26H23N5OS/c32-25(27-16-19-6-8-20(9-7-19)17-31-15-3-14-28-31)22-12-10-21(11-13-22)18-33-26-29-23-4-1-2-5-24(23)30-26/h1-15H,16-18H2,(H,27,32)(H,29,30). The summed E-state index contributed by atoms with van der Waals surface area (Å²) in [6.45, 7) is 1.23. The van der Waals surface area contributed by atoms with Crippen molar-refractivity contribution < 1.29 is 4.79 Å². The lowest BCUT2D eigenvalue weighted by Crippen LogP contribution is -2.22. The Labute approximate surface area is 196 Å². The Morgan fingerprint density at radius 1 is 0.909 bits per heavy atom. The van der Waals surface area contributed by atoms with E-state index in [1.165, 1.54) is 5.56 Å². The van der Waals surface area contributed by atoms with Crippen LogP contribution in [-0.2, 0) is 18.8 Å². The molecule has 0 atom stereocenters. The fourth-order valence-electron chi connectivity index (χ4n) is 3.53. The summed E-state index contributed by atoms with van der Waals surface area (Å²) in [6, 6.07) is 25.9. The van der Waals surface area contributed by atoms with E-state index in [0.717, 1.165) is 39.6 Å². The van der Waals surface area contributed by atoms with Gasteiger partial charge in [-0.3, -0.25) is 9.48 Å². The molecule has 2 heterocycles. The third kappa shape index (κ3) is 5.32. The number of nitrogens with zero attached hydrogens (tertiary/aromatic N) is 3. The molecule has 6 nitrogen and oxygen atoms in total. The van der Waals surface area contributed by atoms with Crippen LogP contribution in [0.4, 0.5) is 0 Å². The molecule has 0 bridgehead atoms. The van der Waals surface area contributed by atoms with Crippen molar-refractivity contribution >= 4 is 28.7 Å². The predicted molar refractivity (Wildman–Crippen MR) is 131 cm³/mol. The lowest BCUT2D eigenvalue weighted by molar-refractivity contribution is 0.0951. The van der Waals surface area contributed by atoms with E-state index in [-0.39, 0.29) is 5.91 Å². The van der Waals surface area contributed by atoms with Gasteiger partial charge < -0.3 is 10.3 Å². The number of rotatable bonds is 8. The van der Waals surface area contributed by atoms with Crippen molar-refractivity contribution in [1.29, 1.82) is 0 Å². The third-order valence-electron chi connectivity index (χ3n) is 5.34. The normalized spacial score (nSPS) is 11.0. The second-order valence-electron chi connectivity index (χ2n) is 7.75. The molecule has 5 rings (SSSR count). The Morgan fingerprint density at radius 2 is 1.67 bits per heavy atom. The number of para-hydroxylation sites is 2. The number of amides is 1. The van der Waals surface area contributed by atoms with Gasteiger partial charge in [0.25, 0.3) is 5.91 Å². The molecule has 0 aliphatic carbocycles. The highest BCUT2D eigenvalue weighted by molar-refractivity contribution is 7.98. The lowest BCUT2D eigenvalue weighted by Gasteiger charge is -2.08. The molecule has 5 aromatic rings. The van der Waals surface area contributed by atoms with Crippen LogP contribution in [0.5, 0.6) is 0 Å². The van der Waals surface area contributed by atoms with Crippen LogP contribution in [0, 0.1) is 0 Å². The Morgan fingerprint density at radius 3 is 2.42 bits per heavy atom. The van der Waals surface area contributed by atoms with E-state index >= 15 is 0 Å². The molecule has 0 aliphatic rings.